The summed E-state index contributed by atoms with van der Waals surface area (Å²) in [5, 5.41) is 5.49. The van der Waals surface area contributed by atoms with Crippen molar-refractivity contribution >= 4 is 44.2 Å². The molecule has 1 aromatic heterocycles. The minimum Gasteiger partial charge on any atom is -0.340 e. The molecule has 1 nitrogen and oxygen atoms in total. The number of aromatic nitrogens is 1. The molecular weight excluding hydrogens is 350 g/mol. The number of hydrogen-bond donors (Lipinski definition) is 0. The predicted molar refractivity (Wildman–Crippen MR) is 125 cm³/mol. The zero-order valence-electron chi connectivity index (χ0n) is 16.7. The van der Waals surface area contributed by atoms with Gasteiger partial charge in [0.25, 0.3) is 0 Å². The Hall–Kier alpha value is -3.32. The van der Waals surface area contributed by atoms with Crippen molar-refractivity contribution in [1.82, 2.24) is 4.57 Å². The number of fused-ring (bicyclic) bond motifs is 3. The zero-order valence-corrected chi connectivity index (χ0v) is 16.7. The van der Waals surface area contributed by atoms with E-state index in [1.165, 1.54) is 54.8 Å². The number of allylic oxidation sites excluding steroid dienone is 1. The number of benzene rings is 4. The Morgan fingerprint density at radius 2 is 1.66 bits per heavy atom. The lowest BCUT2D eigenvalue weighted by Crippen LogP contribution is -1.95. The Morgan fingerprint density at radius 1 is 0.828 bits per heavy atom. The van der Waals surface area contributed by atoms with Crippen molar-refractivity contribution in [3.8, 4) is 0 Å². The van der Waals surface area contributed by atoms with E-state index in [1.807, 2.05) is 0 Å². The maximum Gasteiger partial charge on any atom is 0.0491 e. The lowest BCUT2D eigenvalue weighted by molar-refractivity contribution is 0.724. The number of rotatable bonds is 3. The van der Waals surface area contributed by atoms with Crippen LogP contribution in [0.25, 0.3) is 44.2 Å². The van der Waals surface area contributed by atoms with Crippen LogP contribution < -0.4 is 0 Å². The molecule has 0 saturated carbocycles. The molecule has 0 fully saturated rings. The summed E-state index contributed by atoms with van der Waals surface area (Å²) in [6, 6.07) is 29.1. The van der Waals surface area contributed by atoms with Crippen molar-refractivity contribution in [3.05, 3.63) is 95.6 Å². The van der Waals surface area contributed by atoms with Gasteiger partial charge in [-0.05, 0) is 64.1 Å². The second-order valence-corrected chi connectivity index (χ2v) is 8.11. The minimum absolute atomic E-state index is 1.02. The Balaban J connectivity index is 1.53. The van der Waals surface area contributed by atoms with Crippen molar-refractivity contribution in [2.24, 2.45) is 0 Å². The summed E-state index contributed by atoms with van der Waals surface area (Å²) in [5.41, 5.74) is 8.24. The van der Waals surface area contributed by atoms with Gasteiger partial charge in [0.05, 0.1) is 0 Å². The first kappa shape index (κ1) is 16.6. The maximum atomic E-state index is 2.47. The molecule has 0 spiro atoms. The summed E-state index contributed by atoms with van der Waals surface area (Å²) in [6.07, 6.45) is 4.55. The molecule has 1 heterocycles. The molecule has 4 aromatic carbocycles. The number of para-hydroxylation sites is 1. The quantitative estimate of drug-likeness (QED) is 0.309. The Bertz CT molecular complexity index is 1430. The normalized spacial score (nSPS) is 14.6. The van der Waals surface area contributed by atoms with Gasteiger partial charge in [0, 0.05) is 28.4 Å². The van der Waals surface area contributed by atoms with Gasteiger partial charge in [-0.1, -0.05) is 73.7 Å². The molecule has 140 valence electrons. The average Bonchev–Trinajstić information content (AvgIpc) is 3.26. The Morgan fingerprint density at radius 3 is 2.55 bits per heavy atom. The van der Waals surface area contributed by atoms with Crippen molar-refractivity contribution in [2.75, 3.05) is 0 Å². The van der Waals surface area contributed by atoms with E-state index in [0.29, 0.717) is 0 Å². The fraction of sp³-hybridized carbons (Fsp3) is 0.143. The van der Waals surface area contributed by atoms with E-state index in [1.54, 1.807) is 0 Å². The van der Waals surface area contributed by atoms with E-state index in [4.69, 9.17) is 0 Å². The molecule has 1 aliphatic carbocycles. The summed E-state index contributed by atoms with van der Waals surface area (Å²) >= 11 is 0. The van der Waals surface area contributed by atoms with Crippen LogP contribution in [0.4, 0.5) is 0 Å². The van der Waals surface area contributed by atoms with E-state index in [0.717, 1.165) is 19.4 Å². The van der Waals surface area contributed by atoms with Gasteiger partial charge in [-0.15, -0.1) is 0 Å². The molecular formula is C28H23N. The van der Waals surface area contributed by atoms with Gasteiger partial charge in [-0.25, -0.2) is 0 Å². The van der Waals surface area contributed by atoms with Crippen LogP contribution in [0.5, 0.6) is 0 Å². The average molecular weight is 373 g/mol. The SMILES string of the molecule is CCCn1c2ccccc2c2cc(C=C3Cc4cccc5cccc3c45)ccc21. The topological polar surface area (TPSA) is 4.93 Å². The smallest absolute Gasteiger partial charge is 0.0491 e. The number of aryl methyl sites for hydroxylation is 1. The van der Waals surface area contributed by atoms with Crippen LogP contribution in [0.15, 0.2) is 78.9 Å². The van der Waals surface area contributed by atoms with Crippen molar-refractivity contribution in [2.45, 2.75) is 26.3 Å². The Kier molecular flexibility index (Phi) is 3.64. The minimum atomic E-state index is 1.02. The van der Waals surface area contributed by atoms with Crippen molar-refractivity contribution < 1.29 is 0 Å². The molecule has 0 bridgehead atoms. The molecule has 0 saturated heterocycles. The maximum absolute atomic E-state index is 2.47. The lowest BCUT2D eigenvalue weighted by atomic mass is 10.0. The standard InChI is InChI=1S/C28H23N/c1-2-15-29-26-12-4-3-10-24(26)25-17-19(13-14-27(25)29)16-22-18-21-9-5-7-20-8-6-11-23(22)28(20)21/h3-14,16-17H,2,15,18H2,1H3. The van der Waals surface area contributed by atoms with E-state index >= 15 is 0 Å². The largest absolute Gasteiger partial charge is 0.340 e. The highest BCUT2D eigenvalue weighted by Gasteiger charge is 2.18. The highest BCUT2D eigenvalue weighted by Crippen LogP contribution is 2.39. The first-order valence-electron chi connectivity index (χ1n) is 10.6. The summed E-state index contributed by atoms with van der Waals surface area (Å²) in [4.78, 5) is 0. The molecule has 5 aromatic rings. The molecule has 29 heavy (non-hydrogen) atoms. The third kappa shape index (κ3) is 2.47. The molecule has 0 aliphatic heterocycles. The van der Waals surface area contributed by atoms with Crippen LogP contribution >= 0.6 is 0 Å². The second-order valence-electron chi connectivity index (χ2n) is 8.11. The van der Waals surface area contributed by atoms with Crippen LogP contribution in [-0.2, 0) is 13.0 Å². The first-order chi connectivity index (χ1) is 14.3. The van der Waals surface area contributed by atoms with Gasteiger partial charge in [0.1, 0.15) is 0 Å². The number of hydrogen-bond acceptors (Lipinski definition) is 0. The zero-order chi connectivity index (χ0) is 19.4. The van der Waals surface area contributed by atoms with Gasteiger partial charge in [0.15, 0.2) is 0 Å². The van der Waals surface area contributed by atoms with Crippen LogP contribution in [0.3, 0.4) is 0 Å². The monoisotopic (exact) mass is 373 g/mol. The highest BCUT2D eigenvalue weighted by molar-refractivity contribution is 6.10. The van der Waals surface area contributed by atoms with Crippen LogP contribution in [0.1, 0.15) is 30.0 Å². The molecule has 0 unspecified atom stereocenters. The van der Waals surface area contributed by atoms with Gasteiger partial charge < -0.3 is 4.57 Å². The molecule has 0 atom stereocenters. The molecule has 1 heteroatoms. The van der Waals surface area contributed by atoms with Gasteiger partial charge >= 0.3 is 0 Å². The fourth-order valence-electron chi connectivity index (χ4n) is 5.09. The molecule has 1 aliphatic rings. The van der Waals surface area contributed by atoms with Gasteiger partial charge in [0.2, 0.25) is 0 Å². The van der Waals surface area contributed by atoms with E-state index in [9.17, 15) is 0 Å². The van der Waals surface area contributed by atoms with Crippen LogP contribution in [0, 0.1) is 0 Å². The second kappa shape index (κ2) is 6.35. The van der Waals surface area contributed by atoms with Crippen LogP contribution in [-0.4, -0.2) is 4.57 Å². The molecule has 6 rings (SSSR count). The molecule has 0 amide bonds. The van der Waals surface area contributed by atoms with E-state index in [2.05, 4.69) is 96.4 Å². The predicted octanol–water partition coefficient (Wildman–Crippen LogP) is 7.45. The Labute approximate surface area is 170 Å². The summed E-state index contributed by atoms with van der Waals surface area (Å²) in [5.74, 6) is 0. The summed E-state index contributed by atoms with van der Waals surface area (Å²) < 4.78 is 2.47. The third-order valence-corrected chi connectivity index (χ3v) is 6.30. The van der Waals surface area contributed by atoms with Crippen molar-refractivity contribution in [1.29, 1.82) is 0 Å². The van der Waals surface area contributed by atoms with E-state index in [-0.39, 0.29) is 0 Å². The highest BCUT2D eigenvalue weighted by atomic mass is 15.0. The van der Waals surface area contributed by atoms with Gasteiger partial charge in [-0.3, -0.25) is 0 Å². The molecule has 0 N–H and O–H groups in total. The first-order valence-corrected chi connectivity index (χ1v) is 10.6. The number of nitrogens with zero attached hydrogens (tertiary/aromatic N) is 1. The van der Waals surface area contributed by atoms with E-state index < -0.39 is 0 Å². The molecule has 0 radical (unpaired) electrons. The fourth-order valence-corrected chi connectivity index (χ4v) is 5.09. The lowest BCUT2D eigenvalue weighted by Gasteiger charge is -2.06. The summed E-state index contributed by atoms with van der Waals surface area (Å²) in [7, 11) is 0. The van der Waals surface area contributed by atoms with Gasteiger partial charge in [-0.2, -0.15) is 0 Å². The van der Waals surface area contributed by atoms with Crippen molar-refractivity contribution in [3.63, 3.8) is 0 Å². The summed E-state index contributed by atoms with van der Waals surface area (Å²) in [6.45, 7) is 3.31. The van der Waals surface area contributed by atoms with Crippen LogP contribution in [0.2, 0.25) is 0 Å². The third-order valence-electron chi connectivity index (χ3n) is 6.30.